The Hall–Kier alpha value is -2.61. The molecule has 8 heteroatoms. The van der Waals surface area contributed by atoms with Gasteiger partial charge in [-0.15, -0.1) is 0 Å². The SMILES string of the molecule is CCNC(=NCCS(=O)(=O)N1CCc2ccccc21)NCCc1ccccn1. The summed E-state index contributed by atoms with van der Waals surface area (Å²) in [6.07, 6.45) is 3.31. The molecule has 3 rings (SSSR count). The lowest BCUT2D eigenvalue weighted by molar-refractivity contribution is 0.592. The van der Waals surface area contributed by atoms with E-state index < -0.39 is 10.0 Å². The third kappa shape index (κ3) is 5.22. The van der Waals surface area contributed by atoms with Crippen molar-refractivity contribution >= 4 is 21.7 Å². The average Bonchev–Trinajstić information content (AvgIpc) is 3.14. The first-order valence-corrected chi connectivity index (χ1v) is 11.2. The van der Waals surface area contributed by atoms with Crippen molar-refractivity contribution in [2.45, 2.75) is 19.8 Å². The molecule has 1 aliphatic rings. The Bertz CT molecular complexity index is 900. The standard InChI is InChI=1S/C20H27N5O2S/c1-2-21-20(23-13-10-18-8-5-6-12-22-18)24-14-16-28(26,27)25-15-11-17-7-3-4-9-19(17)25/h3-9,12H,2,10-11,13-16H2,1H3,(H2,21,23,24). The zero-order valence-corrected chi connectivity index (χ0v) is 17.0. The number of benzene rings is 1. The minimum absolute atomic E-state index is 0.0157. The van der Waals surface area contributed by atoms with E-state index in [0.29, 0.717) is 25.6 Å². The number of hydrogen-bond acceptors (Lipinski definition) is 4. The molecule has 2 aromatic rings. The molecular weight excluding hydrogens is 374 g/mol. The van der Waals surface area contributed by atoms with Crippen LogP contribution in [0.25, 0.3) is 0 Å². The van der Waals surface area contributed by atoms with E-state index in [-0.39, 0.29) is 12.3 Å². The molecule has 0 saturated carbocycles. The van der Waals surface area contributed by atoms with E-state index in [4.69, 9.17) is 0 Å². The van der Waals surface area contributed by atoms with E-state index in [2.05, 4.69) is 20.6 Å². The van der Waals surface area contributed by atoms with Crippen molar-refractivity contribution in [2.24, 2.45) is 4.99 Å². The predicted molar refractivity (Wildman–Crippen MR) is 113 cm³/mol. The Morgan fingerprint density at radius 1 is 1.18 bits per heavy atom. The van der Waals surface area contributed by atoms with Crippen LogP contribution >= 0.6 is 0 Å². The number of hydrogen-bond donors (Lipinski definition) is 2. The second-order valence-corrected chi connectivity index (χ2v) is 8.54. The Labute approximate surface area is 167 Å². The van der Waals surface area contributed by atoms with Crippen LogP contribution in [0.3, 0.4) is 0 Å². The third-order valence-electron chi connectivity index (χ3n) is 4.54. The van der Waals surface area contributed by atoms with Crippen LogP contribution < -0.4 is 14.9 Å². The maximum atomic E-state index is 12.7. The van der Waals surface area contributed by atoms with Crippen LogP contribution in [0.15, 0.2) is 53.7 Å². The van der Waals surface area contributed by atoms with Crippen LogP contribution in [0.1, 0.15) is 18.2 Å². The van der Waals surface area contributed by atoms with E-state index in [1.54, 1.807) is 6.20 Å². The molecule has 0 amide bonds. The van der Waals surface area contributed by atoms with Crippen LogP contribution in [0, 0.1) is 0 Å². The van der Waals surface area contributed by atoms with Gasteiger partial charge in [-0.25, -0.2) is 8.42 Å². The van der Waals surface area contributed by atoms with Crippen LogP contribution in [-0.2, 0) is 22.9 Å². The maximum Gasteiger partial charge on any atom is 0.237 e. The number of para-hydroxylation sites is 1. The third-order valence-corrected chi connectivity index (χ3v) is 6.29. The summed E-state index contributed by atoms with van der Waals surface area (Å²) in [6, 6.07) is 13.5. The molecular formula is C20H27N5O2S. The van der Waals surface area contributed by atoms with Crippen molar-refractivity contribution in [3.05, 3.63) is 59.9 Å². The molecule has 0 unspecified atom stereocenters. The molecule has 1 aromatic heterocycles. The van der Waals surface area contributed by atoms with Gasteiger partial charge in [-0.2, -0.15) is 0 Å². The smallest absolute Gasteiger partial charge is 0.237 e. The number of rotatable bonds is 8. The normalized spacial score (nSPS) is 14.0. The molecule has 2 heterocycles. The first-order valence-electron chi connectivity index (χ1n) is 9.60. The van der Waals surface area contributed by atoms with Gasteiger partial charge in [0.2, 0.25) is 10.0 Å². The molecule has 0 saturated heterocycles. The average molecular weight is 402 g/mol. The molecule has 150 valence electrons. The minimum atomic E-state index is -3.39. The topological polar surface area (TPSA) is 86.7 Å². The van der Waals surface area contributed by atoms with E-state index in [0.717, 1.165) is 29.8 Å². The van der Waals surface area contributed by atoms with Crippen LogP contribution in [0.2, 0.25) is 0 Å². The predicted octanol–water partition coefficient (Wildman–Crippen LogP) is 1.57. The second-order valence-electron chi connectivity index (χ2n) is 6.53. The number of aliphatic imine (C=N–C) groups is 1. The number of guanidine groups is 1. The molecule has 7 nitrogen and oxygen atoms in total. The van der Waals surface area contributed by atoms with E-state index >= 15 is 0 Å². The number of aromatic nitrogens is 1. The second kappa shape index (κ2) is 9.54. The summed E-state index contributed by atoms with van der Waals surface area (Å²) in [7, 11) is -3.39. The van der Waals surface area contributed by atoms with Crippen molar-refractivity contribution < 1.29 is 8.42 Å². The van der Waals surface area contributed by atoms with Crippen molar-refractivity contribution in [2.75, 3.05) is 36.2 Å². The zero-order chi connectivity index (χ0) is 19.8. The van der Waals surface area contributed by atoms with Gasteiger partial charge in [-0.1, -0.05) is 24.3 Å². The Balaban J connectivity index is 1.54. The molecule has 0 atom stereocenters. The van der Waals surface area contributed by atoms with Gasteiger partial charge in [0.1, 0.15) is 0 Å². The summed E-state index contributed by atoms with van der Waals surface area (Å²) in [4.78, 5) is 8.72. The van der Waals surface area contributed by atoms with Gasteiger partial charge >= 0.3 is 0 Å². The minimum Gasteiger partial charge on any atom is -0.357 e. The highest BCUT2D eigenvalue weighted by molar-refractivity contribution is 7.92. The number of sulfonamides is 1. The molecule has 0 radical (unpaired) electrons. The fourth-order valence-electron chi connectivity index (χ4n) is 3.18. The molecule has 0 spiro atoms. The number of anilines is 1. The van der Waals surface area contributed by atoms with E-state index in [1.807, 2.05) is 49.4 Å². The highest BCUT2D eigenvalue weighted by atomic mass is 32.2. The molecule has 0 aliphatic carbocycles. The summed E-state index contributed by atoms with van der Waals surface area (Å²) in [5.74, 6) is 0.605. The van der Waals surface area contributed by atoms with Crippen molar-refractivity contribution in [1.82, 2.24) is 15.6 Å². The van der Waals surface area contributed by atoms with E-state index in [9.17, 15) is 8.42 Å². The van der Waals surface area contributed by atoms with Crippen molar-refractivity contribution in [3.8, 4) is 0 Å². The lowest BCUT2D eigenvalue weighted by Gasteiger charge is -2.19. The number of fused-ring (bicyclic) bond motifs is 1. The number of nitrogens with zero attached hydrogens (tertiary/aromatic N) is 3. The summed E-state index contributed by atoms with van der Waals surface area (Å²) in [5, 5.41) is 6.38. The zero-order valence-electron chi connectivity index (χ0n) is 16.1. The Morgan fingerprint density at radius 3 is 2.79 bits per heavy atom. The summed E-state index contributed by atoms with van der Waals surface area (Å²) >= 11 is 0. The highest BCUT2D eigenvalue weighted by Crippen LogP contribution is 2.29. The lowest BCUT2D eigenvalue weighted by atomic mass is 10.2. The van der Waals surface area contributed by atoms with Gasteiger partial charge in [-0.05, 0) is 37.1 Å². The molecule has 1 aromatic carbocycles. The quantitative estimate of drug-likeness (QED) is 0.518. The Kier molecular flexibility index (Phi) is 6.86. The largest absolute Gasteiger partial charge is 0.357 e. The first-order chi connectivity index (χ1) is 13.6. The van der Waals surface area contributed by atoms with Gasteiger partial charge in [0.25, 0.3) is 0 Å². The monoisotopic (exact) mass is 401 g/mol. The summed E-state index contributed by atoms with van der Waals surface area (Å²) < 4.78 is 27.0. The summed E-state index contributed by atoms with van der Waals surface area (Å²) in [6.45, 7) is 4.08. The molecule has 2 N–H and O–H groups in total. The van der Waals surface area contributed by atoms with Gasteiger partial charge in [0.05, 0.1) is 18.0 Å². The molecule has 0 fully saturated rings. The maximum absolute atomic E-state index is 12.7. The van der Waals surface area contributed by atoms with Gasteiger partial charge in [0.15, 0.2) is 5.96 Å². The van der Waals surface area contributed by atoms with Crippen LogP contribution in [-0.4, -0.2) is 51.3 Å². The van der Waals surface area contributed by atoms with E-state index in [1.165, 1.54) is 4.31 Å². The first kappa shape index (κ1) is 20.1. The molecule has 28 heavy (non-hydrogen) atoms. The lowest BCUT2D eigenvalue weighted by Crippen LogP contribution is -2.39. The molecule has 1 aliphatic heterocycles. The summed E-state index contributed by atoms with van der Waals surface area (Å²) in [5.41, 5.74) is 2.88. The number of nitrogens with one attached hydrogen (secondary N) is 2. The van der Waals surface area contributed by atoms with Gasteiger partial charge in [-0.3, -0.25) is 14.3 Å². The van der Waals surface area contributed by atoms with Crippen LogP contribution in [0.5, 0.6) is 0 Å². The highest BCUT2D eigenvalue weighted by Gasteiger charge is 2.28. The Morgan fingerprint density at radius 2 is 2.00 bits per heavy atom. The number of pyridine rings is 1. The van der Waals surface area contributed by atoms with Crippen molar-refractivity contribution in [3.63, 3.8) is 0 Å². The fraction of sp³-hybridized carbons (Fsp3) is 0.400. The van der Waals surface area contributed by atoms with Crippen LogP contribution in [0.4, 0.5) is 5.69 Å². The molecule has 0 bridgehead atoms. The van der Waals surface area contributed by atoms with Gasteiger partial charge in [0, 0.05) is 37.9 Å². The van der Waals surface area contributed by atoms with Gasteiger partial charge < -0.3 is 10.6 Å². The fourth-order valence-corrected chi connectivity index (χ4v) is 4.57. The van der Waals surface area contributed by atoms with Crippen molar-refractivity contribution in [1.29, 1.82) is 0 Å².